The van der Waals surface area contributed by atoms with Gasteiger partial charge in [-0.05, 0) is 19.4 Å². The van der Waals surface area contributed by atoms with Crippen molar-refractivity contribution in [2.45, 2.75) is 31.7 Å². The smallest absolute Gasteiger partial charge is 0.305 e. The molecule has 0 aliphatic carbocycles. The third-order valence-corrected chi connectivity index (χ3v) is 2.19. The average molecular weight is 187 g/mol. The molecule has 0 aromatic carbocycles. The molecule has 1 atom stereocenters. The molecule has 1 fully saturated rings. The highest BCUT2D eigenvalue weighted by molar-refractivity contribution is 5.66. The summed E-state index contributed by atoms with van der Waals surface area (Å²) >= 11 is 0. The number of ether oxygens (including phenoxy) is 1. The van der Waals surface area contributed by atoms with Crippen molar-refractivity contribution in [1.82, 2.24) is 5.32 Å². The van der Waals surface area contributed by atoms with Gasteiger partial charge in [-0.3, -0.25) is 4.79 Å². The fourth-order valence-corrected chi connectivity index (χ4v) is 1.45. The summed E-state index contributed by atoms with van der Waals surface area (Å²) in [5.41, 5.74) is 0. The number of hydrogen-bond acceptors (Lipinski definition) is 3. The van der Waals surface area contributed by atoms with Gasteiger partial charge >= 0.3 is 5.97 Å². The van der Waals surface area contributed by atoms with E-state index in [-0.39, 0.29) is 6.42 Å². The zero-order valence-electron chi connectivity index (χ0n) is 7.79. The molecule has 0 aromatic heterocycles. The van der Waals surface area contributed by atoms with Gasteiger partial charge in [0, 0.05) is 6.04 Å². The molecule has 2 N–H and O–H groups in total. The fraction of sp³-hybridized carbons (Fsp3) is 0.889. The van der Waals surface area contributed by atoms with Crippen molar-refractivity contribution in [2.75, 3.05) is 19.8 Å². The van der Waals surface area contributed by atoms with Gasteiger partial charge in [-0.1, -0.05) is 6.42 Å². The third kappa shape index (κ3) is 4.85. The molecule has 4 heteroatoms. The molecule has 0 bridgehead atoms. The lowest BCUT2D eigenvalue weighted by Gasteiger charge is -2.22. The first-order chi connectivity index (χ1) is 6.29. The van der Waals surface area contributed by atoms with E-state index < -0.39 is 5.97 Å². The van der Waals surface area contributed by atoms with E-state index in [1.165, 1.54) is 12.8 Å². The van der Waals surface area contributed by atoms with Crippen LogP contribution in [-0.4, -0.2) is 36.9 Å². The molecule has 13 heavy (non-hydrogen) atoms. The molecule has 4 nitrogen and oxygen atoms in total. The number of carboxylic acid groups (broad SMARTS) is 1. The summed E-state index contributed by atoms with van der Waals surface area (Å²) in [5.74, 6) is -0.795. The van der Waals surface area contributed by atoms with E-state index in [1.807, 2.05) is 0 Å². The molecule has 1 aliphatic rings. The van der Waals surface area contributed by atoms with Crippen molar-refractivity contribution < 1.29 is 14.6 Å². The van der Waals surface area contributed by atoms with Crippen LogP contribution in [0.1, 0.15) is 25.7 Å². The van der Waals surface area contributed by atoms with Crippen LogP contribution in [0.25, 0.3) is 0 Å². The first-order valence-corrected chi connectivity index (χ1v) is 4.82. The van der Waals surface area contributed by atoms with E-state index in [2.05, 4.69) is 5.32 Å². The topological polar surface area (TPSA) is 58.6 Å². The van der Waals surface area contributed by atoms with Gasteiger partial charge in [-0.15, -0.1) is 0 Å². The molecule has 1 aliphatic heterocycles. The van der Waals surface area contributed by atoms with Crippen molar-refractivity contribution in [1.29, 1.82) is 0 Å². The minimum Gasteiger partial charge on any atom is -0.481 e. The standard InChI is InChI=1S/C9H17NO3/c11-9(12)4-6-13-7-8-3-1-2-5-10-8/h8,10H,1-7H2,(H,11,12). The molecule has 1 heterocycles. The first-order valence-electron chi connectivity index (χ1n) is 4.82. The molecule has 0 amide bonds. The Kier molecular flexibility index (Phi) is 4.78. The Morgan fingerprint density at radius 3 is 3.00 bits per heavy atom. The van der Waals surface area contributed by atoms with Crippen molar-refractivity contribution in [3.8, 4) is 0 Å². The van der Waals surface area contributed by atoms with Crippen molar-refractivity contribution in [3.05, 3.63) is 0 Å². The molecule has 0 radical (unpaired) electrons. The molecule has 1 rings (SSSR count). The quantitative estimate of drug-likeness (QED) is 0.619. The lowest BCUT2D eigenvalue weighted by molar-refractivity contribution is -0.138. The lowest BCUT2D eigenvalue weighted by Crippen LogP contribution is -2.37. The molecule has 0 spiro atoms. The van der Waals surface area contributed by atoms with Crippen LogP contribution in [0.3, 0.4) is 0 Å². The van der Waals surface area contributed by atoms with Crippen molar-refractivity contribution in [3.63, 3.8) is 0 Å². The van der Waals surface area contributed by atoms with Crippen LogP contribution in [0.15, 0.2) is 0 Å². The highest BCUT2D eigenvalue weighted by Gasteiger charge is 2.11. The minimum atomic E-state index is -0.795. The number of carboxylic acids is 1. The molecule has 1 saturated heterocycles. The van der Waals surface area contributed by atoms with Gasteiger partial charge < -0.3 is 15.2 Å². The number of aliphatic carboxylic acids is 1. The lowest BCUT2D eigenvalue weighted by atomic mass is 10.1. The second kappa shape index (κ2) is 5.94. The highest BCUT2D eigenvalue weighted by Crippen LogP contribution is 2.06. The highest BCUT2D eigenvalue weighted by atomic mass is 16.5. The Bertz CT molecular complexity index is 155. The summed E-state index contributed by atoms with van der Waals surface area (Å²) in [6, 6.07) is 0.433. The van der Waals surface area contributed by atoms with Gasteiger partial charge in [0.25, 0.3) is 0 Å². The van der Waals surface area contributed by atoms with Crippen LogP contribution in [-0.2, 0) is 9.53 Å². The van der Waals surface area contributed by atoms with Gasteiger partial charge in [0.05, 0.1) is 19.6 Å². The van der Waals surface area contributed by atoms with Crippen LogP contribution < -0.4 is 5.32 Å². The normalized spacial score (nSPS) is 22.9. The fourth-order valence-electron chi connectivity index (χ4n) is 1.45. The summed E-state index contributed by atoms with van der Waals surface area (Å²) in [5, 5.41) is 11.7. The van der Waals surface area contributed by atoms with Gasteiger partial charge in [0.1, 0.15) is 0 Å². The Labute approximate surface area is 78.3 Å². The second-order valence-electron chi connectivity index (χ2n) is 3.37. The minimum absolute atomic E-state index is 0.104. The van der Waals surface area contributed by atoms with E-state index >= 15 is 0 Å². The Morgan fingerprint density at radius 2 is 2.38 bits per heavy atom. The zero-order valence-corrected chi connectivity index (χ0v) is 7.79. The van der Waals surface area contributed by atoms with E-state index in [4.69, 9.17) is 9.84 Å². The molecule has 0 saturated carbocycles. The van der Waals surface area contributed by atoms with Crippen molar-refractivity contribution >= 4 is 5.97 Å². The second-order valence-corrected chi connectivity index (χ2v) is 3.37. The van der Waals surface area contributed by atoms with Crippen LogP contribution >= 0.6 is 0 Å². The van der Waals surface area contributed by atoms with E-state index in [1.54, 1.807) is 0 Å². The van der Waals surface area contributed by atoms with Crippen LogP contribution in [0.2, 0.25) is 0 Å². The Balaban J connectivity index is 1.95. The number of carbonyl (C=O) groups is 1. The average Bonchev–Trinajstić information content (AvgIpc) is 2.14. The maximum absolute atomic E-state index is 10.2. The number of rotatable bonds is 5. The van der Waals surface area contributed by atoms with Gasteiger partial charge in [-0.2, -0.15) is 0 Å². The molecule has 76 valence electrons. The number of hydrogen-bond donors (Lipinski definition) is 2. The summed E-state index contributed by atoms with van der Waals surface area (Å²) in [4.78, 5) is 10.2. The molecular formula is C9H17NO3. The third-order valence-electron chi connectivity index (χ3n) is 2.19. The van der Waals surface area contributed by atoms with E-state index in [0.717, 1.165) is 13.0 Å². The molecule has 0 aromatic rings. The summed E-state index contributed by atoms with van der Waals surface area (Å²) in [6.45, 7) is 2.04. The Hall–Kier alpha value is -0.610. The molecule has 1 unspecified atom stereocenters. The maximum Gasteiger partial charge on any atom is 0.305 e. The largest absolute Gasteiger partial charge is 0.481 e. The number of piperidine rings is 1. The summed E-state index contributed by atoms with van der Waals surface area (Å²) in [7, 11) is 0. The SMILES string of the molecule is O=C(O)CCOCC1CCCCN1. The summed E-state index contributed by atoms with van der Waals surface area (Å²) < 4.78 is 5.24. The van der Waals surface area contributed by atoms with Crippen LogP contribution in [0.5, 0.6) is 0 Å². The number of nitrogens with one attached hydrogen (secondary N) is 1. The Morgan fingerprint density at radius 1 is 1.54 bits per heavy atom. The van der Waals surface area contributed by atoms with Crippen molar-refractivity contribution in [2.24, 2.45) is 0 Å². The predicted octanol–water partition coefficient (Wildman–Crippen LogP) is 0.620. The maximum atomic E-state index is 10.2. The summed E-state index contributed by atoms with van der Waals surface area (Å²) in [6.07, 6.45) is 3.74. The van der Waals surface area contributed by atoms with Crippen LogP contribution in [0.4, 0.5) is 0 Å². The van der Waals surface area contributed by atoms with Gasteiger partial charge in [0.2, 0.25) is 0 Å². The van der Waals surface area contributed by atoms with Gasteiger partial charge in [0.15, 0.2) is 0 Å². The van der Waals surface area contributed by atoms with Crippen LogP contribution in [0, 0.1) is 0 Å². The zero-order chi connectivity index (χ0) is 9.52. The predicted molar refractivity (Wildman–Crippen MR) is 48.7 cm³/mol. The van der Waals surface area contributed by atoms with Gasteiger partial charge in [-0.25, -0.2) is 0 Å². The monoisotopic (exact) mass is 187 g/mol. The first kappa shape index (κ1) is 10.5. The van der Waals surface area contributed by atoms with E-state index in [0.29, 0.717) is 19.3 Å². The van der Waals surface area contributed by atoms with E-state index in [9.17, 15) is 4.79 Å². The molecular weight excluding hydrogens is 170 g/mol.